The number of hydrogen-bond acceptors (Lipinski definition) is 1. The third-order valence-corrected chi connectivity index (χ3v) is 2.10. The predicted molar refractivity (Wildman–Crippen MR) is 61.9 cm³/mol. The molecule has 1 nitrogen and oxygen atoms in total. The minimum atomic E-state index is 0.521. The summed E-state index contributed by atoms with van der Waals surface area (Å²) in [6.07, 6.45) is 1.73. The van der Waals surface area contributed by atoms with Gasteiger partial charge in [0.2, 0.25) is 0 Å². The molecule has 0 unspecified atom stereocenters. The van der Waals surface area contributed by atoms with Gasteiger partial charge >= 0.3 is 0 Å². The Kier molecular flexibility index (Phi) is 4.02. The molecule has 76 valence electrons. The lowest BCUT2D eigenvalue weighted by atomic mass is 10.2. The van der Waals surface area contributed by atoms with E-state index in [0.717, 1.165) is 11.3 Å². The van der Waals surface area contributed by atoms with Crippen LogP contribution in [0.5, 0.6) is 5.75 Å². The van der Waals surface area contributed by atoms with Crippen LogP contribution in [-0.4, -0.2) is 6.61 Å². The smallest absolute Gasteiger partial charge is 0.120 e. The molecule has 0 atom stereocenters. The molecule has 0 bridgehead atoms. The van der Waals surface area contributed by atoms with Gasteiger partial charge in [-0.15, -0.1) is 0 Å². The van der Waals surface area contributed by atoms with Gasteiger partial charge in [-0.25, -0.2) is 0 Å². The third-order valence-electron chi connectivity index (χ3n) is 1.78. The number of rotatable bonds is 4. The van der Waals surface area contributed by atoms with Gasteiger partial charge in [0, 0.05) is 0 Å². The molecule has 2 heteroatoms. The lowest BCUT2D eigenvalue weighted by Gasteiger charge is -2.09. The molecule has 1 aromatic carbocycles. The van der Waals surface area contributed by atoms with E-state index in [0.29, 0.717) is 17.5 Å². The standard InChI is InChI=1S/C12H15ClO/c1-4-10-5-6-11(7-12(10)13)14-8-9(2)3/h4-7,9H,1,8H2,2-3H3. The fraction of sp³-hybridized carbons (Fsp3) is 0.333. The zero-order chi connectivity index (χ0) is 10.6. The van der Waals surface area contributed by atoms with Crippen LogP contribution in [0, 0.1) is 5.92 Å². The summed E-state index contributed by atoms with van der Waals surface area (Å²) in [5.74, 6) is 1.34. The Bertz CT molecular complexity index is 318. The first kappa shape index (κ1) is 11.1. The first-order chi connectivity index (χ1) is 6.63. The third kappa shape index (κ3) is 3.08. The minimum absolute atomic E-state index is 0.521. The number of hydrogen-bond donors (Lipinski definition) is 0. The average molecular weight is 211 g/mol. The molecule has 1 aromatic rings. The second-order valence-corrected chi connectivity index (χ2v) is 4.00. The molecule has 0 N–H and O–H groups in total. The molecule has 0 saturated carbocycles. The summed E-state index contributed by atoms with van der Waals surface area (Å²) in [4.78, 5) is 0. The molecule has 0 aliphatic carbocycles. The average Bonchev–Trinajstić information content (AvgIpc) is 2.15. The second-order valence-electron chi connectivity index (χ2n) is 3.59. The molecule has 0 aliphatic heterocycles. The Hall–Kier alpha value is -0.950. The summed E-state index contributed by atoms with van der Waals surface area (Å²) in [5, 5.41) is 0.682. The lowest BCUT2D eigenvalue weighted by molar-refractivity contribution is 0.271. The van der Waals surface area contributed by atoms with E-state index in [4.69, 9.17) is 16.3 Å². The van der Waals surface area contributed by atoms with Crippen LogP contribution in [-0.2, 0) is 0 Å². The van der Waals surface area contributed by atoms with Crippen molar-refractivity contribution in [3.05, 3.63) is 35.4 Å². The van der Waals surface area contributed by atoms with Crippen LogP contribution >= 0.6 is 11.6 Å². The van der Waals surface area contributed by atoms with Crippen LogP contribution in [0.3, 0.4) is 0 Å². The van der Waals surface area contributed by atoms with E-state index in [-0.39, 0.29) is 0 Å². The maximum Gasteiger partial charge on any atom is 0.120 e. The topological polar surface area (TPSA) is 9.23 Å². The summed E-state index contributed by atoms with van der Waals surface area (Å²) in [6.45, 7) is 8.60. The molecule has 0 heterocycles. The van der Waals surface area contributed by atoms with Crippen molar-refractivity contribution in [2.24, 2.45) is 5.92 Å². The summed E-state index contributed by atoms with van der Waals surface area (Å²) in [7, 11) is 0. The Morgan fingerprint density at radius 2 is 2.21 bits per heavy atom. The van der Waals surface area contributed by atoms with E-state index in [1.807, 2.05) is 18.2 Å². The van der Waals surface area contributed by atoms with Gasteiger partial charge in [0.15, 0.2) is 0 Å². The van der Waals surface area contributed by atoms with Gasteiger partial charge in [-0.05, 0) is 29.7 Å². The highest BCUT2D eigenvalue weighted by atomic mass is 35.5. The fourth-order valence-electron chi connectivity index (χ4n) is 1.03. The molecule has 0 saturated heterocycles. The fourth-order valence-corrected chi connectivity index (χ4v) is 1.27. The van der Waals surface area contributed by atoms with Crippen molar-refractivity contribution in [3.63, 3.8) is 0 Å². The van der Waals surface area contributed by atoms with Crippen molar-refractivity contribution in [2.45, 2.75) is 13.8 Å². The molecular formula is C12H15ClO. The quantitative estimate of drug-likeness (QED) is 0.730. The van der Waals surface area contributed by atoms with E-state index < -0.39 is 0 Å². The van der Waals surface area contributed by atoms with Crippen LogP contribution in [0.4, 0.5) is 0 Å². The monoisotopic (exact) mass is 210 g/mol. The zero-order valence-corrected chi connectivity index (χ0v) is 9.34. The summed E-state index contributed by atoms with van der Waals surface area (Å²) in [6, 6.07) is 5.64. The van der Waals surface area contributed by atoms with Crippen molar-refractivity contribution in [1.29, 1.82) is 0 Å². The van der Waals surface area contributed by atoms with Crippen LogP contribution in [0.1, 0.15) is 19.4 Å². The number of benzene rings is 1. The molecule has 0 aliphatic rings. The Morgan fingerprint density at radius 1 is 1.50 bits per heavy atom. The summed E-state index contributed by atoms with van der Waals surface area (Å²) < 4.78 is 5.53. The predicted octanol–water partition coefficient (Wildman–Crippen LogP) is 4.02. The Labute approximate surface area is 90.3 Å². The van der Waals surface area contributed by atoms with Crippen molar-refractivity contribution < 1.29 is 4.74 Å². The largest absolute Gasteiger partial charge is 0.493 e. The van der Waals surface area contributed by atoms with E-state index in [9.17, 15) is 0 Å². The van der Waals surface area contributed by atoms with E-state index in [1.165, 1.54) is 0 Å². The van der Waals surface area contributed by atoms with Crippen molar-refractivity contribution in [3.8, 4) is 5.75 Å². The summed E-state index contributed by atoms with van der Waals surface area (Å²) in [5.41, 5.74) is 0.934. The second kappa shape index (κ2) is 5.06. The minimum Gasteiger partial charge on any atom is -0.493 e. The van der Waals surface area contributed by atoms with Gasteiger partial charge in [0.05, 0.1) is 11.6 Å². The molecule has 0 amide bonds. The van der Waals surface area contributed by atoms with E-state index in [1.54, 1.807) is 6.08 Å². The van der Waals surface area contributed by atoms with Gasteiger partial charge in [0.1, 0.15) is 5.75 Å². The normalized spacial score (nSPS) is 10.3. The Morgan fingerprint density at radius 3 is 2.71 bits per heavy atom. The zero-order valence-electron chi connectivity index (χ0n) is 8.59. The van der Waals surface area contributed by atoms with Gasteiger partial charge in [-0.1, -0.05) is 38.1 Å². The molecule has 0 aromatic heterocycles. The molecule has 1 rings (SSSR count). The van der Waals surface area contributed by atoms with Gasteiger partial charge < -0.3 is 4.74 Å². The molecule has 0 radical (unpaired) electrons. The SMILES string of the molecule is C=Cc1ccc(OCC(C)C)cc1Cl. The highest BCUT2D eigenvalue weighted by molar-refractivity contribution is 6.32. The molecular weight excluding hydrogens is 196 g/mol. The van der Waals surface area contributed by atoms with Crippen molar-refractivity contribution in [1.82, 2.24) is 0 Å². The van der Waals surface area contributed by atoms with Crippen molar-refractivity contribution in [2.75, 3.05) is 6.61 Å². The molecule has 0 fully saturated rings. The Balaban J connectivity index is 2.71. The van der Waals surface area contributed by atoms with Gasteiger partial charge in [-0.3, -0.25) is 0 Å². The lowest BCUT2D eigenvalue weighted by Crippen LogP contribution is -2.04. The van der Waals surface area contributed by atoms with Crippen LogP contribution < -0.4 is 4.74 Å². The van der Waals surface area contributed by atoms with Gasteiger partial charge in [-0.2, -0.15) is 0 Å². The van der Waals surface area contributed by atoms with Crippen LogP contribution in [0.25, 0.3) is 6.08 Å². The number of halogens is 1. The van der Waals surface area contributed by atoms with Crippen LogP contribution in [0.2, 0.25) is 5.02 Å². The first-order valence-electron chi connectivity index (χ1n) is 4.68. The molecule has 0 spiro atoms. The van der Waals surface area contributed by atoms with E-state index in [2.05, 4.69) is 20.4 Å². The van der Waals surface area contributed by atoms with Crippen molar-refractivity contribution >= 4 is 17.7 Å². The van der Waals surface area contributed by atoms with E-state index >= 15 is 0 Å². The van der Waals surface area contributed by atoms with Gasteiger partial charge in [0.25, 0.3) is 0 Å². The maximum absolute atomic E-state index is 5.99. The van der Waals surface area contributed by atoms with Crippen LogP contribution in [0.15, 0.2) is 24.8 Å². The molecule has 14 heavy (non-hydrogen) atoms. The summed E-state index contributed by atoms with van der Waals surface area (Å²) >= 11 is 5.99. The first-order valence-corrected chi connectivity index (χ1v) is 5.06. The number of ether oxygens (including phenoxy) is 1. The highest BCUT2D eigenvalue weighted by Gasteiger charge is 2.00. The maximum atomic E-state index is 5.99. The highest BCUT2D eigenvalue weighted by Crippen LogP contribution is 2.23.